The molecule has 0 saturated heterocycles. The van der Waals surface area contributed by atoms with Gasteiger partial charge in [0.25, 0.3) is 0 Å². The molecular weight excluding hydrogens is 384 g/mol. The number of carbonyl (C=O) groups is 1. The number of hydrogen-bond donors (Lipinski definition) is 0. The lowest BCUT2D eigenvalue weighted by molar-refractivity contribution is 0.104. The molecule has 5 aromatic rings. The molecule has 0 radical (unpaired) electrons. The molecule has 0 aliphatic heterocycles. The summed E-state index contributed by atoms with van der Waals surface area (Å²) in [4.78, 5) is 14.8. The van der Waals surface area contributed by atoms with Gasteiger partial charge in [-0.1, -0.05) is 97.1 Å². The molecule has 5 aromatic carbocycles. The molecule has 30 heavy (non-hydrogen) atoms. The van der Waals surface area contributed by atoms with E-state index in [4.69, 9.17) is 0 Å². The highest BCUT2D eigenvalue weighted by Gasteiger charge is 2.19. The van der Waals surface area contributed by atoms with Gasteiger partial charge in [0, 0.05) is 21.8 Å². The monoisotopic (exact) mass is 404 g/mol. The molecule has 0 N–H and O–H groups in total. The van der Waals surface area contributed by atoms with Crippen molar-refractivity contribution < 1.29 is 4.79 Å². The molecule has 0 heterocycles. The Kier molecular flexibility index (Phi) is 5.08. The van der Waals surface area contributed by atoms with Crippen LogP contribution < -0.4 is 0 Å². The van der Waals surface area contributed by atoms with Crippen LogP contribution in [0.3, 0.4) is 0 Å². The lowest BCUT2D eigenvalue weighted by atomic mass is 9.88. The van der Waals surface area contributed by atoms with E-state index in [0.717, 1.165) is 38.4 Å². The van der Waals surface area contributed by atoms with Crippen LogP contribution in [0.25, 0.3) is 21.5 Å². The molecule has 5 rings (SSSR count). The van der Waals surface area contributed by atoms with Gasteiger partial charge in [-0.2, -0.15) is 0 Å². The van der Waals surface area contributed by atoms with Crippen LogP contribution in [0, 0.1) is 0 Å². The van der Waals surface area contributed by atoms with Gasteiger partial charge in [-0.3, -0.25) is 4.79 Å². The van der Waals surface area contributed by atoms with E-state index < -0.39 is 0 Å². The molecule has 0 fully saturated rings. The summed E-state index contributed by atoms with van der Waals surface area (Å²) in [5.41, 5.74) is 2.79. The molecule has 144 valence electrons. The van der Waals surface area contributed by atoms with E-state index in [9.17, 15) is 4.79 Å². The summed E-state index contributed by atoms with van der Waals surface area (Å²) in [6.45, 7) is 0. The van der Waals surface area contributed by atoms with E-state index >= 15 is 0 Å². The molecule has 0 spiro atoms. The summed E-state index contributed by atoms with van der Waals surface area (Å²) in [5, 5.41) is 4.35. The Labute approximate surface area is 180 Å². The number of benzene rings is 5. The molecule has 1 nitrogen and oxygen atoms in total. The van der Waals surface area contributed by atoms with Gasteiger partial charge in [0.2, 0.25) is 0 Å². The van der Waals surface area contributed by atoms with Gasteiger partial charge in [0.1, 0.15) is 0 Å². The van der Waals surface area contributed by atoms with Gasteiger partial charge in [0.15, 0.2) is 5.78 Å². The predicted octanol–water partition coefficient (Wildman–Crippen LogP) is 7.52. The Morgan fingerprint density at radius 3 is 1.60 bits per heavy atom. The number of hydrogen-bond acceptors (Lipinski definition) is 2. The summed E-state index contributed by atoms with van der Waals surface area (Å²) in [5.74, 6) is 0.926. The van der Waals surface area contributed by atoms with E-state index in [2.05, 4.69) is 60.7 Å². The Morgan fingerprint density at radius 2 is 1.03 bits per heavy atom. The summed E-state index contributed by atoms with van der Waals surface area (Å²) in [6.07, 6.45) is 0. The zero-order valence-electron chi connectivity index (χ0n) is 16.4. The smallest absolute Gasteiger partial charge is 0.194 e. The summed E-state index contributed by atoms with van der Waals surface area (Å²) >= 11 is 1.83. The van der Waals surface area contributed by atoms with Crippen molar-refractivity contribution in [3.8, 4) is 0 Å². The minimum absolute atomic E-state index is 0.0743. The van der Waals surface area contributed by atoms with Crippen LogP contribution in [-0.4, -0.2) is 5.78 Å². The van der Waals surface area contributed by atoms with Crippen molar-refractivity contribution in [3.05, 3.63) is 126 Å². The molecule has 0 aromatic heterocycles. The Morgan fingerprint density at radius 1 is 0.567 bits per heavy atom. The minimum atomic E-state index is 0.0743. The number of fused-ring (bicyclic) bond motifs is 2. The highest BCUT2D eigenvalue weighted by molar-refractivity contribution is 7.98. The lowest BCUT2D eigenvalue weighted by Gasteiger charge is -2.16. The molecular formula is C28H20OS. The average molecular weight is 405 g/mol. The fraction of sp³-hybridized carbons (Fsp3) is 0.0357. The van der Waals surface area contributed by atoms with Crippen LogP contribution in [0.5, 0.6) is 0 Å². The van der Waals surface area contributed by atoms with Crippen molar-refractivity contribution in [2.75, 3.05) is 0 Å². The first kappa shape index (κ1) is 18.7. The quantitative estimate of drug-likeness (QED) is 0.171. The summed E-state index contributed by atoms with van der Waals surface area (Å²) in [6, 6.07) is 36.6. The maximum Gasteiger partial charge on any atom is 0.194 e. The van der Waals surface area contributed by atoms with Crippen LogP contribution in [-0.2, 0) is 5.75 Å². The lowest BCUT2D eigenvalue weighted by Crippen LogP contribution is -2.05. The number of carbonyl (C=O) groups excluding carboxylic acids is 1. The zero-order valence-corrected chi connectivity index (χ0v) is 17.2. The summed E-state index contributed by atoms with van der Waals surface area (Å²) < 4.78 is 0. The molecule has 0 bridgehead atoms. The van der Waals surface area contributed by atoms with Crippen LogP contribution in [0.15, 0.2) is 114 Å². The molecule has 2 heteroatoms. The zero-order chi connectivity index (χ0) is 20.3. The molecule has 0 aliphatic rings. The minimum Gasteiger partial charge on any atom is -0.289 e. The van der Waals surface area contributed by atoms with Crippen molar-refractivity contribution >= 4 is 39.1 Å². The van der Waals surface area contributed by atoms with Crippen molar-refractivity contribution in [3.63, 3.8) is 0 Å². The van der Waals surface area contributed by atoms with Gasteiger partial charge < -0.3 is 0 Å². The van der Waals surface area contributed by atoms with Gasteiger partial charge in [0.05, 0.1) is 0 Å². The Bertz CT molecular complexity index is 1280. The maximum atomic E-state index is 13.6. The number of ketones is 1. The molecule has 0 saturated carbocycles. The SMILES string of the molecule is O=C(c1ccccc1)c1c2ccccc2c(CSc2ccccc2)c2ccccc12. The Balaban J connectivity index is 1.73. The van der Waals surface area contributed by atoms with E-state index in [1.54, 1.807) is 0 Å². The second kappa shape index (κ2) is 8.17. The first-order chi connectivity index (χ1) is 14.8. The number of thioether (sulfide) groups is 1. The third kappa shape index (κ3) is 3.40. The third-order valence-electron chi connectivity index (χ3n) is 5.43. The number of rotatable bonds is 5. The van der Waals surface area contributed by atoms with Crippen molar-refractivity contribution in [2.45, 2.75) is 10.6 Å². The van der Waals surface area contributed by atoms with Crippen molar-refractivity contribution in [1.82, 2.24) is 0 Å². The third-order valence-corrected chi connectivity index (χ3v) is 6.47. The molecule has 0 amide bonds. The largest absolute Gasteiger partial charge is 0.289 e. The van der Waals surface area contributed by atoms with Crippen molar-refractivity contribution in [1.29, 1.82) is 0 Å². The fourth-order valence-corrected chi connectivity index (χ4v) is 5.00. The molecule has 0 unspecified atom stereocenters. The van der Waals surface area contributed by atoms with Gasteiger partial charge in [-0.25, -0.2) is 0 Å². The second-order valence-corrected chi connectivity index (χ2v) is 8.29. The highest BCUT2D eigenvalue weighted by Crippen LogP contribution is 2.37. The second-order valence-electron chi connectivity index (χ2n) is 7.24. The van der Waals surface area contributed by atoms with E-state index in [0.29, 0.717) is 0 Å². The van der Waals surface area contributed by atoms with Crippen LogP contribution in [0.4, 0.5) is 0 Å². The van der Waals surface area contributed by atoms with Crippen LogP contribution in [0.2, 0.25) is 0 Å². The highest BCUT2D eigenvalue weighted by atomic mass is 32.2. The van der Waals surface area contributed by atoms with Crippen molar-refractivity contribution in [2.24, 2.45) is 0 Å². The summed E-state index contributed by atoms with van der Waals surface area (Å²) in [7, 11) is 0. The normalized spacial score (nSPS) is 11.1. The predicted molar refractivity (Wildman–Crippen MR) is 127 cm³/mol. The van der Waals surface area contributed by atoms with Crippen LogP contribution in [0.1, 0.15) is 21.5 Å². The fourth-order valence-electron chi connectivity index (χ4n) is 4.02. The average Bonchev–Trinajstić information content (AvgIpc) is 2.82. The first-order valence-electron chi connectivity index (χ1n) is 10.0. The van der Waals surface area contributed by atoms with Crippen LogP contribution >= 0.6 is 11.8 Å². The van der Waals surface area contributed by atoms with Gasteiger partial charge in [-0.05, 0) is 39.2 Å². The first-order valence-corrected chi connectivity index (χ1v) is 11.0. The maximum absolute atomic E-state index is 13.6. The molecule has 0 aliphatic carbocycles. The van der Waals surface area contributed by atoms with Gasteiger partial charge >= 0.3 is 0 Å². The standard InChI is InChI=1S/C28H20OS/c29-28(20-11-3-1-4-12-20)27-24-17-9-7-15-22(24)26(23-16-8-10-18-25(23)27)19-30-21-13-5-2-6-14-21/h1-18H,19H2. The van der Waals surface area contributed by atoms with E-state index in [1.807, 2.05) is 60.3 Å². The van der Waals surface area contributed by atoms with Gasteiger partial charge in [-0.15, -0.1) is 11.8 Å². The molecule has 0 atom stereocenters. The van der Waals surface area contributed by atoms with E-state index in [1.165, 1.54) is 10.5 Å². The van der Waals surface area contributed by atoms with E-state index in [-0.39, 0.29) is 5.78 Å². The topological polar surface area (TPSA) is 17.1 Å². The Hall–Kier alpha value is -3.36.